The van der Waals surface area contributed by atoms with Gasteiger partial charge in [-0.2, -0.15) is 11.8 Å². The van der Waals surface area contributed by atoms with Crippen LogP contribution >= 0.6 is 11.8 Å². The van der Waals surface area contributed by atoms with E-state index in [1.54, 1.807) is 23.9 Å². The van der Waals surface area contributed by atoms with Crippen molar-refractivity contribution in [1.82, 2.24) is 4.72 Å². The molecule has 4 nitrogen and oxygen atoms in total. The van der Waals surface area contributed by atoms with E-state index in [0.29, 0.717) is 5.56 Å². The molecule has 1 aromatic carbocycles. The minimum Gasteiger partial charge on any atom is -0.295 e. The van der Waals surface area contributed by atoms with Gasteiger partial charge in [0.05, 0.1) is 4.90 Å². The van der Waals surface area contributed by atoms with Gasteiger partial charge in [-0.1, -0.05) is 19.1 Å². The monoisotopic (exact) mass is 315 g/mol. The fourth-order valence-electron chi connectivity index (χ4n) is 1.68. The Kier molecular flexibility index (Phi) is 6.71. The van der Waals surface area contributed by atoms with E-state index in [1.165, 1.54) is 19.1 Å². The summed E-state index contributed by atoms with van der Waals surface area (Å²) in [5.41, 5.74) is 0.405. The van der Waals surface area contributed by atoms with Crippen LogP contribution < -0.4 is 4.72 Å². The summed E-state index contributed by atoms with van der Waals surface area (Å²) < 4.78 is 27.1. The standard InChI is InChI=1S/C14H21NO3S2/c1-4-19-9-8-11(2)15-20(17,18)14-7-5-6-13(10-14)12(3)16/h5-7,10-11,15H,4,8-9H2,1-3H3. The van der Waals surface area contributed by atoms with Crippen LogP contribution in [0.5, 0.6) is 0 Å². The minimum atomic E-state index is -3.56. The molecule has 0 saturated carbocycles. The predicted molar refractivity (Wildman–Crippen MR) is 83.8 cm³/mol. The fraction of sp³-hybridized carbons (Fsp3) is 0.500. The molecule has 0 heterocycles. The maximum absolute atomic E-state index is 12.2. The summed E-state index contributed by atoms with van der Waals surface area (Å²) in [4.78, 5) is 11.4. The molecule has 0 bridgehead atoms. The number of hydrogen-bond acceptors (Lipinski definition) is 4. The van der Waals surface area contributed by atoms with Gasteiger partial charge in [-0.15, -0.1) is 0 Å². The topological polar surface area (TPSA) is 63.2 Å². The lowest BCUT2D eigenvalue weighted by Gasteiger charge is -2.14. The van der Waals surface area contributed by atoms with Gasteiger partial charge in [0, 0.05) is 11.6 Å². The average Bonchev–Trinajstić information content (AvgIpc) is 2.38. The van der Waals surface area contributed by atoms with Crippen LogP contribution in [0.15, 0.2) is 29.2 Å². The van der Waals surface area contributed by atoms with Crippen LogP contribution in [0.4, 0.5) is 0 Å². The van der Waals surface area contributed by atoms with Crippen LogP contribution in [0.25, 0.3) is 0 Å². The number of rotatable bonds is 8. The molecule has 0 saturated heterocycles. The van der Waals surface area contributed by atoms with Gasteiger partial charge in [-0.3, -0.25) is 4.79 Å². The third kappa shape index (κ3) is 5.26. The zero-order valence-corrected chi connectivity index (χ0v) is 13.7. The van der Waals surface area contributed by atoms with E-state index in [0.717, 1.165) is 17.9 Å². The summed E-state index contributed by atoms with van der Waals surface area (Å²) in [5.74, 6) is 1.81. The van der Waals surface area contributed by atoms with Gasteiger partial charge in [0.15, 0.2) is 5.78 Å². The summed E-state index contributed by atoms with van der Waals surface area (Å²) in [7, 11) is -3.56. The van der Waals surface area contributed by atoms with Gasteiger partial charge in [0.1, 0.15) is 0 Å². The maximum atomic E-state index is 12.2. The highest BCUT2D eigenvalue weighted by Gasteiger charge is 2.18. The van der Waals surface area contributed by atoms with Gasteiger partial charge in [0.25, 0.3) is 0 Å². The molecule has 0 aliphatic carbocycles. The van der Waals surface area contributed by atoms with Crippen molar-refractivity contribution in [2.75, 3.05) is 11.5 Å². The molecule has 0 spiro atoms. The van der Waals surface area contributed by atoms with E-state index in [1.807, 2.05) is 6.92 Å². The largest absolute Gasteiger partial charge is 0.295 e. The van der Waals surface area contributed by atoms with E-state index in [-0.39, 0.29) is 16.7 Å². The second kappa shape index (κ2) is 7.81. The summed E-state index contributed by atoms with van der Waals surface area (Å²) in [6, 6.07) is 5.99. The second-order valence-electron chi connectivity index (χ2n) is 4.59. The number of ketones is 1. The average molecular weight is 315 g/mol. The highest BCUT2D eigenvalue weighted by molar-refractivity contribution is 7.99. The minimum absolute atomic E-state index is 0.125. The normalized spacial score (nSPS) is 13.2. The lowest BCUT2D eigenvalue weighted by Crippen LogP contribution is -2.33. The Morgan fingerprint density at radius 1 is 1.40 bits per heavy atom. The van der Waals surface area contributed by atoms with E-state index >= 15 is 0 Å². The molecular weight excluding hydrogens is 294 g/mol. The van der Waals surface area contributed by atoms with Crippen molar-refractivity contribution >= 4 is 27.6 Å². The van der Waals surface area contributed by atoms with E-state index in [4.69, 9.17) is 0 Å². The van der Waals surface area contributed by atoms with Gasteiger partial charge in [-0.05, 0) is 43.9 Å². The van der Waals surface area contributed by atoms with Crippen LogP contribution in [0, 0.1) is 0 Å². The molecule has 0 amide bonds. The molecule has 0 radical (unpaired) electrons. The Morgan fingerprint density at radius 2 is 2.10 bits per heavy atom. The zero-order valence-electron chi connectivity index (χ0n) is 12.0. The summed E-state index contributed by atoms with van der Waals surface area (Å²) in [5, 5.41) is 0. The second-order valence-corrected chi connectivity index (χ2v) is 7.70. The summed E-state index contributed by atoms with van der Waals surface area (Å²) >= 11 is 1.79. The predicted octanol–water partition coefficient (Wildman–Crippen LogP) is 2.70. The third-order valence-electron chi connectivity index (χ3n) is 2.81. The number of benzene rings is 1. The molecule has 1 aromatic rings. The van der Waals surface area contributed by atoms with Crippen molar-refractivity contribution < 1.29 is 13.2 Å². The molecular formula is C14H21NO3S2. The summed E-state index contributed by atoms with van der Waals surface area (Å²) in [6.45, 7) is 5.35. The molecule has 1 atom stereocenters. The van der Waals surface area contributed by atoms with Gasteiger partial charge in [0.2, 0.25) is 10.0 Å². The van der Waals surface area contributed by atoms with E-state index < -0.39 is 10.0 Å². The van der Waals surface area contributed by atoms with Crippen molar-refractivity contribution in [3.63, 3.8) is 0 Å². The van der Waals surface area contributed by atoms with Crippen molar-refractivity contribution in [3.05, 3.63) is 29.8 Å². The van der Waals surface area contributed by atoms with Gasteiger partial charge < -0.3 is 0 Å². The molecule has 1 rings (SSSR count). The first kappa shape index (κ1) is 17.2. The Labute approximate surface area is 125 Å². The molecule has 0 aromatic heterocycles. The number of hydrogen-bond donors (Lipinski definition) is 1. The first-order valence-electron chi connectivity index (χ1n) is 6.58. The Balaban J connectivity index is 2.78. The van der Waals surface area contributed by atoms with Crippen molar-refractivity contribution in [3.8, 4) is 0 Å². The molecule has 112 valence electrons. The van der Waals surface area contributed by atoms with Crippen LogP contribution in [0.3, 0.4) is 0 Å². The third-order valence-corrected chi connectivity index (χ3v) is 5.33. The van der Waals surface area contributed by atoms with Gasteiger partial charge >= 0.3 is 0 Å². The fourth-order valence-corrected chi connectivity index (χ4v) is 3.81. The molecule has 0 aliphatic rings. The number of Topliss-reactive ketones (excluding diaryl/α,β-unsaturated/α-hetero) is 1. The lowest BCUT2D eigenvalue weighted by molar-refractivity contribution is 0.101. The smallest absolute Gasteiger partial charge is 0.240 e. The van der Waals surface area contributed by atoms with Crippen LogP contribution in [0.2, 0.25) is 0 Å². The number of nitrogens with one attached hydrogen (secondary N) is 1. The number of carbonyl (C=O) groups is 1. The molecule has 0 fully saturated rings. The van der Waals surface area contributed by atoms with Crippen LogP contribution in [-0.4, -0.2) is 31.7 Å². The Bertz CT molecular complexity index is 555. The van der Waals surface area contributed by atoms with Crippen LogP contribution in [0.1, 0.15) is 37.6 Å². The Morgan fingerprint density at radius 3 is 2.70 bits per heavy atom. The first-order chi connectivity index (χ1) is 9.36. The highest BCUT2D eigenvalue weighted by atomic mass is 32.2. The first-order valence-corrected chi connectivity index (χ1v) is 9.21. The molecule has 1 N–H and O–H groups in total. The van der Waals surface area contributed by atoms with Crippen molar-refractivity contribution in [1.29, 1.82) is 0 Å². The maximum Gasteiger partial charge on any atom is 0.240 e. The lowest BCUT2D eigenvalue weighted by atomic mass is 10.2. The highest BCUT2D eigenvalue weighted by Crippen LogP contribution is 2.13. The number of carbonyl (C=O) groups excluding carboxylic acids is 1. The molecule has 1 unspecified atom stereocenters. The van der Waals surface area contributed by atoms with Crippen molar-refractivity contribution in [2.45, 2.75) is 38.1 Å². The van der Waals surface area contributed by atoms with E-state index in [2.05, 4.69) is 11.6 Å². The zero-order chi connectivity index (χ0) is 15.2. The number of thioether (sulfide) groups is 1. The van der Waals surface area contributed by atoms with Crippen LogP contribution in [-0.2, 0) is 10.0 Å². The molecule has 0 aliphatic heterocycles. The SMILES string of the molecule is CCSCCC(C)NS(=O)(=O)c1cccc(C(C)=O)c1. The molecule has 6 heteroatoms. The van der Waals surface area contributed by atoms with E-state index in [9.17, 15) is 13.2 Å². The molecule has 20 heavy (non-hydrogen) atoms. The van der Waals surface area contributed by atoms with Crippen molar-refractivity contribution in [2.24, 2.45) is 0 Å². The Hall–Kier alpha value is -0.850. The number of sulfonamides is 1. The quantitative estimate of drug-likeness (QED) is 0.592. The van der Waals surface area contributed by atoms with Gasteiger partial charge in [-0.25, -0.2) is 13.1 Å². The summed E-state index contributed by atoms with van der Waals surface area (Å²) in [6.07, 6.45) is 0.782.